The number of pyridine rings is 1. The third-order valence-corrected chi connectivity index (χ3v) is 4.46. The molecule has 2 aliphatic heterocycles. The van der Waals surface area contributed by atoms with Crippen LogP contribution in [-0.2, 0) is 6.54 Å². The van der Waals surface area contributed by atoms with Gasteiger partial charge in [0.1, 0.15) is 0 Å². The highest BCUT2D eigenvalue weighted by Crippen LogP contribution is 2.26. The summed E-state index contributed by atoms with van der Waals surface area (Å²) in [6.07, 6.45) is 6.54. The Labute approximate surface area is 119 Å². The van der Waals surface area contributed by atoms with Crippen LogP contribution in [0, 0.1) is 0 Å². The summed E-state index contributed by atoms with van der Waals surface area (Å²) >= 11 is 0. The number of carboxylic acids is 1. The zero-order valence-electron chi connectivity index (χ0n) is 11.6. The first kappa shape index (κ1) is 13.5. The Kier molecular flexibility index (Phi) is 3.98. The maximum absolute atomic E-state index is 10.8. The first-order valence-electron chi connectivity index (χ1n) is 7.38. The van der Waals surface area contributed by atoms with Crippen LogP contribution in [0.5, 0.6) is 0 Å². The molecule has 2 saturated heterocycles. The standard InChI is InChI=1S/C15H21N3O2/c19-15(20)11-3-4-13(16-9-11)10-17-12-5-7-18-6-1-2-14(18)8-12/h3-4,9,12,14,17H,1-2,5-8,10H2,(H,19,20). The van der Waals surface area contributed by atoms with Crippen LogP contribution >= 0.6 is 0 Å². The van der Waals surface area contributed by atoms with Crippen molar-refractivity contribution in [2.45, 2.75) is 44.3 Å². The number of fused-ring (bicyclic) bond motifs is 1. The molecule has 0 bridgehead atoms. The molecule has 0 aliphatic carbocycles. The molecule has 2 fully saturated rings. The lowest BCUT2D eigenvalue weighted by molar-refractivity contribution is 0.0696. The van der Waals surface area contributed by atoms with Gasteiger partial charge in [-0.05, 0) is 50.9 Å². The Morgan fingerprint density at radius 3 is 3.05 bits per heavy atom. The van der Waals surface area contributed by atoms with Crippen LogP contribution in [0.3, 0.4) is 0 Å². The lowest BCUT2D eigenvalue weighted by atomic mass is 9.97. The average molecular weight is 275 g/mol. The van der Waals surface area contributed by atoms with Gasteiger partial charge in [0.25, 0.3) is 0 Å². The molecular formula is C15H21N3O2. The van der Waals surface area contributed by atoms with E-state index in [1.807, 2.05) is 0 Å². The Hall–Kier alpha value is -1.46. The van der Waals surface area contributed by atoms with Gasteiger partial charge in [-0.2, -0.15) is 0 Å². The summed E-state index contributed by atoms with van der Waals surface area (Å²) in [7, 11) is 0. The molecule has 20 heavy (non-hydrogen) atoms. The van der Waals surface area contributed by atoms with Crippen molar-refractivity contribution in [3.05, 3.63) is 29.6 Å². The van der Waals surface area contributed by atoms with Crippen molar-refractivity contribution in [1.29, 1.82) is 0 Å². The molecule has 1 aromatic heterocycles. The van der Waals surface area contributed by atoms with Crippen molar-refractivity contribution in [3.8, 4) is 0 Å². The fraction of sp³-hybridized carbons (Fsp3) is 0.600. The van der Waals surface area contributed by atoms with E-state index in [4.69, 9.17) is 5.11 Å². The molecule has 0 spiro atoms. The summed E-state index contributed by atoms with van der Waals surface area (Å²) in [5, 5.41) is 12.4. The summed E-state index contributed by atoms with van der Waals surface area (Å²) in [6, 6.07) is 4.74. The number of carboxylic acid groups (broad SMARTS) is 1. The first-order chi connectivity index (χ1) is 9.72. The van der Waals surface area contributed by atoms with Gasteiger partial charge < -0.3 is 15.3 Å². The van der Waals surface area contributed by atoms with Crippen molar-refractivity contribution in [2.24, 2.45) is 0 Å². The van der Waals surface area contributed by atoms with Crippen LogP contribution in [-0.4, -0.2) is 46.1 Å². The molecule has 1 aromatic rings. The molecule has 3 heterocycles. The van der Waals surface area contributed by atoms with Gasteiger partial charge in [-0.15, -0.1) is 0 Å². The number of rotatable bonds is 4. The number of nitrogens with one attached hydrogen (secondary N) is 1. The third kappa shape index (κ3) is 2.99. The minimum Gasteiger partial charge on any atom is -0.478 e. The summed E-state index contributed by atoms with van der Waals surface area (Å²) in [5.74, 6) is -0.925. The Bertz CT molecular complexity index is 475. The number of hydrogen-bond acceptors (Lipinski definition) is 4. The number of aromatic carboxylic acids is 1. The second-order valence-electron chi connectivity index (χ2n) is 5.78. The lowest BCUT2D eigenvalue weighted by Crippen LogP contribution is -2.45. The van der Waals surface area contributed by atoms with E-state index in [-0.39, 0.29) is 5.56 Å². The Morgan fingerprint density at radius 1 is 1.40 bits per heavy atom. The molecular weight excluding hydrogens is 254 g/mol. The third-order valence-electron chi connectivity index (χ3n) is 4.46. The molecule has 5 nitrogen and oxygen atoms in total. The second kappa shape index (κ2) is 5.89. The quantitative estimate of drug-likeness (QED) is 0.871. The zero-order valence-corrected chi connectivity index (χ0v) is 11.6. The van der Waals surface area contributed by atoms with Crippen LogP contribution in [0.2, 0.25) is 0 Å². The average Bonchev–Trinajstić information content (AvgIpc) is 2.93. The number of nitrogens with zero attached hydrogens (tertiary/aromatic N) is 2. The maximum atomic E-state index is 10.8. The number of carbonyl (C=O) groups is 1. The molecule has 2 unspecified atom stereocenters. The van der Waals surface area contributed by atoms with E-state index in [1.165, 1.54) is 45.0 Å². The molecule has 5 heteroatoms. The van der Waals surface area contributed by atoms with E-state index < -0.39 is 5.97 Å². The van der Waals surface area contributed by atoms with Gasteiger partial charge in [-0.1, -0.05) is 0 Å². The smallest absolute Gasteiger partial charge is 0.337 e. The van der Waals surface area contributed by atoms with E-state index in [1.54, 1.807) is 12.1 Å². The summed E-state index contributed by atoms with van der Waals surface area (Å²) < 4.78 is 0. The van der Waals surface area contributed by atoms with Gasteiger partial charge in [0, 0.05) is 24.8 Å². The Morgan fingerprint density at radius 2 is 2.30 bits per heavy atom. The van der Waals surface area contributed by atoms with Crippen molar-refractivity contribution in [1.82, 2.24) is 15.2 Å². The number of hydrogen-bond donors (Lipinski definition) is 2. The van der Waals surface area contributed by atoms with Gasteiger partial charge in [0.05, 0.1) is 11.3 Å². The van der Waals surface area contributed by atoms with Crippen LogP contribution in [0.15, 0.2) is 18.3 Å². The van der Waals surface area contributed by atoms with Crippen molar-refractivity contribution < 1.29 is 9.90 Å². The van der Waals surface area contributed by atoms with Crippen molar-refractivity contribution in [2.75, 3.05) is 13.1 Å². The molecule has 0 amide bonds. The highest BCUT2D eigenvalue weighted by Gasteiger charge is 2.31. The van der Waals surface area contributed by atoms with Crippen LogP contribution in [0.1, 0.15) is 41.7 Å². The predicted octanol–water partition coefficient (Wildman–Crippen LogP) is 1.50. The zero-order chi connectivity index (χ0) is 13.9. The summed E-state index contributed by atoms with van der Waals surface area (Å²) in [4.78, 5) is 17.6. The van der Waals surface area contributed by atoms with Gasteiger partial charge in [0.15, 0.2) is 0 Å². The molecule has 2 N–H and O–H groups in total. The van der Waals surface area contributed by atoms with Gasteiger partial charge in [-0.25, -0.2) is 4.79 Å². The maximum Gasteiger partial charge on any atom is 0.337 e. The second-order valence-corrected chi connectivity index (χ2v) is 5.78. The summed E-state index contributed by atoms with van der Waals surface area (Å²) in [5.41, 5.74) is 1.15. The molecule has 0 saturated carbocycles. The monoisotopic (exact) mass is 275 g/mol. The largest absolute Gasteiger partial charge is 0.478 e. The van der Waals surface area contributed by atoms with Crippen LogP contribution < -0.4 is 5.32 Å². The fourth-order valence-corrected chi connectivity index (χ4v) is 3.31. The molecule has 0 radical (unpaired) electrons. The summed E-state index contributed by atoms with van der Waals surface area (Å²) in [6.45, 7) is 3.20. The van der Waals surface area contributed by atoms with Crippen molar-refractivity contribution >= 4 is 5.97 Å². The van der Waals surface area contributed by atoms with E-state index in [9.17, 15) is 4.79 Å². The minimum absolute atomic E-state index is 0.244. The minimum atomic E-state index is -0.925. The molecule has 108 valence electrons. The molecule has 0 aromatic carbocycles. The number of aromatic nitrogens is 1. The van der Waals surface area contributed by atoms with Crippen LogP contribution in [0.25, 0.3) is 0 Å². The lowest BCUT2D eigenvalue weighted by Gasteiger charge is -2.35. The van der Waals surface area contributed by atoms with E-state index >= 15 is 0 Å². The van der Waals surface area contributed by atoms with Crippen molar-refractivity contribution in [3.63, 3.8) is 0 Å². The van der Waals surface area contributed by atoms with E-state index in [0.717, 1.165) is 18.3 Å². The van der Waals surface area contributed by atoms with Gasteiger partial charge in [0.2, 0.25) is 0 Å². The highest BCUT2D eigenvalue weighted by atomic mass is 16.4. The topological polar surface area (TPSA) is 65.5 Å². The molecule has 2 aliphatic rings. The fourth-order valence-electron chi connectivity index (χ4n) is 3.31. The first-order valence-corrected chi connectivity index (χ1v) is 7.38. The normalized spacial score (nSPS) is 26.4. The SMILES string of the molecule is O=C(O)c1ccc(CNC2CCN3CCCC3C2)nc1. The van der Waals surface area contributed by atoms with Gasteiger partial charge in [-0.3, -0.25) is 4.98 Å². The predicted molar refractivity (Wildman–Crippen MR) is 75.7 cm³/mol. The molecule has 2 atom stereocenters. The Balaban J connectivity index is 1.50. The van der Waals surface area contributed by atoms with Crippen LogP contribution in [0.4, 0.5) is 0 Å². The number of piperidine rings is 1. The van der Waals surface area contributed by atoms with E-state index in [0.29, 0.717) is 6.04 Å². The molecule has 3 rings (SSSR count). The van der Waals surface area contributed by atoms with E-state index in [2.05, 4.69) is 15.2 Å². The van der Waals surface area contributed by atoms with Gasteiger partial charge >= 0.3 is 5.97 Å². The highest BCUT2D eigenvalue weighted by molar-refractivity contribution is 5.87.